The van der Waals surface area contributed by atoms with E-state index >= 15 is 0 Å². The molecule has 8 heteroatoms. The average molecular weight is 604 g/mol. The van der Waals surface area contributed by atoms with Gasteiger partial charge in [-0.1, -0.05) is 13.8 Å². The van der Waals surface area contributed by atoms with Gasteiger partial charge in [0.25, 0.3) is 0 Å². The van der Waals surface area contributed by atoms with Crippen molar-refractivity contribution in [3.05, 3.63) is 103 Å². The highest BCUT2D eigenvalue weighted by Gasteiger charge is 2.22. The Morgan fingerprint density at radius 1 is 0.956 bits per heavy atom. The minimum Gasteiger partial charge on any atom is -0.358 e. The summed E-state index contributed by atoms with van der Waals surface area (Å²) in [6.45, 7) is 14.7. The lowest BCUT2D eigenvalue weighted by molar-refractivity contribution is -0.121. The molecule has 4 N–H and O–H groups in total. The van der Waals surface area contributed by atoms with Crippen LogP contribution in [-0.4, -0.2) is 42.7 Å². The van der Waals surface area contributed by atoms with Gasteiger partial charge in [-0.25, -0.2) is 9.98 Å². The van der Waals surface area contributed by atoms with Crippen LogP contribution < -0.4 is 16.0 Å². The van der Waals surface area contributed by atoms with Crippen LogP contribution in [0.3, 0.4) is 0 Å². The lowest BCUT2D eigenvalue weighted by Crippen LogP contribution is -2.25. The molecule has 4 aromatic heterocycles. The molecule has 6 rings (SSSR count). The summed E-state index contributed by atoms with van der Waals surface area (Å²) in [4.78, 5) is 33.3. The number of carbonyl (C=O) groups excluding carboxylic acids is 1. The van der Waals surface area contributed by atoms with Gasteiger partial charge >= 0.3 is 0 Å². The third-order valence-corrected chi connectivity index (χ3v) is 9.49. The third-order valence-electron chi connectivity index (χ3n) is 9.49. The van der Waals surface area contributed by atoms with Crippen molar-refractivity contribution in [1.29, 1.82) is 0 Å². The fourth-order valence-corrected chi connectivity index (χ4v) is 6.81. The van der Waals surface area contributed by atoms with Gasteiger partial charge in [-0.05, 0) is 117 Å². The van der Waals surface area contributed by atoms with Gasteiger partial charge in [-0.2, -0.15) is 0 Å². The zero-order valence-corrected chi connectivity index (χ0v) is 27.4. The van der Waals surface area contributed by atoms with E-state index < -0.39 is 0 Å². The largest absolute Gasteiger partial charge is 0.358 e. The Balaban J connectivity index is 1.36. The maximum absolute atomic E-state index is 12.9. The third kappa shape index (κ3) is 6.19. The van der Waals surface area contributed by atoms with Crippen molar-refractivity contribution in [3.8, 4) is 0 Å². The number of fused-ring (bicyclic) bond motifs is 7. The Labute approximate surface area is 265 Å². The first kappa shape index (κ1) is 30.4. The standard InChI is InChI=1S/C37H45N7O/c1-7-27-24(5)33-20-36-28(8-2)23(4)31(42-36)19-32-25(6)29(10-11-37(45)39-12-9-14-44-15-13-38-21-44)34(41-32)17-26-16-22(3)30(40-26)18-35(27)43-33/h13,15-18,20-21,40-42H,7-12,14,19H2,1-6H3,(H,39,45). The van der Waals surface area contributed by atoms with Gasteiger partial charge in [0.1, 0.15) is 0 Å². The summed E-state index contributed by atoms with van der Waals surface area (Å²) in [5.41, 5.74) is 15.4. The van der Waals surface area contributed by atoms with Crippen LogP contribution in [-0.2, 0) is 30.6 Å². The summed E-state index contributed by atoms with van der Waals surface area (Å²) in [6.07, 6.45) is 16.8. The van der Waals surface area contributed by atoms with Crippen LogP contribution in [0.4, 0.5) is 0 Å². The number of aromatic amines is 3. The molecule has 0 unspecified atom stereocenters. The number of nitrogens with zero attached hydrogens (tertiary/aromatic N) is 3. The summed E-state index contributed by atoms with van der Waals surface area (Å²) in [6, 6.07) is 2.19. The van der Waals surface area contributed by atoms with Crippen molar-refractivity contribution in [1.82, 2.24) is 29.8 Å². The number of H-pyrrole nitrogens is 3. The molecule has 0 saturated heterocycles. The molecule has 8 nitrogen and oxygen atoms in total. The van der Waals surface area contributed by atoms with Crippen LogP contribution in [0.5, 0.6) is 0 Å². The summed E-state index contributed by atoms with van der Waals surface area (Å²) < 4.78 is 2.03. The molecule has 0 spiro atoms. The van der Waals surface area contributed by atoms with Crippen LogP contribution in [0.25, 0.3) is 18.2 Å². The molecule has 0 atom stereocenters. The van der Waals surface area contributed by atoms with Crippen molar-refractivity contribution >= 4 is 29.8 Å². The van der Waals surface area contributed by atoms with Crippen molar-refractivity contribution in [2.24, 2.45) is 4.99 Å². The minimum absolute atomic E-state index is 0.0797. The number of hydrogen-bond acceptors (Lipinski definition) is 3. The minimum atomic E-state index is 0.0797. The molecule has 0 saturated carbocycles. The van der Waals surface area contributed by atoms with Gasteiger partial charge < -0.3 is 24.8 Å². The van der Waals surface area contributed by atoms with E-state index in [1.165, 1.54) is 50.4 Å². The van der Waals surface area contributed by atoms with E-state index in [9.17, 15) is 4.79 Å². The number of nitrogens with one attached hydrogen (secondary N) is 4. The van der Waals surface area contributed by atoms with Crippen LogP contribution in [0.2, 0.25) is 0 Å². The van der Waals surface area contributed by atoms with Gasteiger partial charge in [0.05, 0.1) is 17.7 Å². The number of aromatic nitrogens is 5. The zero-order valence-electron chi connectivity index (χ0n) is 27.4. The van der Waals surface area contributed by atoms with Gasteiger partial charge in [-0.3, -0.25) is 4.79 Å². The number of imidazole rings is 1. The molecule has 4 aromatic rings. The molecule has 0 aliphatic carbocycles. The second-order valence-corrected chi connectivity index (χ2v) is 12.4. The normalized spacial score (nSPS) is 14.3. The second kappa shape index (κ2) is 12.8. The molecule has 0 radical (unpaired) electrons. The monoisotopic (exact) mass is 603 g/mol. The number of amides is 1. The molecular weight excluding hydrogens is 558 g/mol. The van der Waals surface area contributed by atoms with E-state index in [2.05, 4.69) is 91.1 Å². The maximum atomic E-state index is 12.9. The van der Waals surface area contributed by atoms with E-state index in [0.717, 1.165) is 65.7 Å². The second-order valence-electron chi connectivity index (χ2n) is 12.4. The van der Waals surface area contributed by atoms with Gasteiger partial charge in [0.15, 0.2) is 0 Å². The lowest BCUT2D eigenvalue weighted by Gasteiger charge is -2.07. The topological polar surface area (TPSA) is 107 Å². The smallest absolute Gasteiger partial charge is 0.220 e. The van der Waals surface area contributed by atoms with Gasteiger partial charge in [-0.15, -0.1) is 0 Å². The summed E-state index contributed by atoms with van der Waals surface area (Å²) in [5, 5.41) is 5.21. The Morgan fingerprint density at radius 3 is 2.42 bits per heavy atom. The number of hydrogen-bond donors (Lipinski definition) is 4. The molecule has 45 heavy (non-hydrogen) atoms. The molecule has 2 aliphatic heterocycles. The Hall–Kier alpha value is -4.59. The highest BCUT2D eigenvalue weighted by atomic mass is 16.1. The fraction of sp³-hybridized carbons (Fsp3) is 0.378. The molecule has 234 valence electrons. The predicted molar refractivity (Wildman–Crippen MR) is 183 cm³/mol. The first-order valence-corrected chi connectivity index (χ1v) is 16.3. The zero-order chi connectivity index (χ0) is 31.7. The van der Waals surface area contributed by atoms with E-state index in [0.29, 0.717) is 19.4 Å². The summed E-state index contributed by atoms with van der Waals surface area (Å²) in [7, 11) is 0. The maximum Gasteiger partial charge on any atom is 0.220 e. The number of carbonyl (C=O) groups is 1. The summed E-state index contributed by atoms with van der Waals surface area (Å²) >= 11 is 0. The van der Waals surface area contributed by atoms with Gasteiger partial charge in [0, 0.05) is 71.8 Å². The molecule has 0 aromatic carbocycles. The molecule has 8 bridgehead atoms. The lowest BCUT2D eigenvalue weighted by atomic mass is 10.00. The SMILES string of the molecule is CCC1=C(C)C2=Cc3[nH]c(c(C)c3CC)Cc3[nH]c(c(CCC(=O)NCCCn4ccnc4)c3C)C=c3cc(C)c([nH]3)=CC1=N2. The van der Waals surface area contributed by atoms with Gasteiger partial charge in [0.2, 0.25) is 5.91 Å². The first-order chi connectivity index (χ1) is 21.7. The van der Waals surface area contributed by atoms with Crippen LogP contribution in [0, 0.1) is 20.8 Å². The van der Waals surface area contributed by atoms with Crippen molar-refractivity contribution < 1.29 is 4.79 Å². The predicted octanol–water partition coefficient (Wildman–Crippen LogP) is 5.23. The number of aryl methyl sites for hydroxylation is 2. The van der Waals surface area contributed by atoms with Crippen molar-refractivity contribution in [2.45, 2.75) is 86.6 Å². The average Bonchev–Trinajstić information content (AvgIpc) is 3.82. The van der Waals surface area contributed by atoms with Crippen LogP contribution in [0.15, 0.2) is 46.6 Å². The molecule has 2 aliphatic rings. The highest BCUT2D eigenvalue weighted by molar-refractivity contribution is 6.23. The summed E-state index contributed by atoms with van der Waals surface area (Å²) in [5.74, 6) is 0.0797. The molecular formula is C37H45N7O. The van der Waals surface area contributed by atoms with Crippen molar-refractivity contribution in [3.63, 3.8) is 0 Å². The Morgan fingerprint density at radius 2 is 1.71 bits per heavy atom. The first-order valence-electron chi connectivity index (χ1n) is 16.3. The van der Waals surface area contributed by atoms with E-state index in [-0.39, 0.29) is 5.91 Å². The van der Waals surface area contributed by atoms with E-state index in [1.54, 1.807) is 12.5 Å². The van der Waals surface area contributed by atoms with E-state index in [1.807, 2.05) is 10.8 Å². The Kier molecular flexibility index (Phi) is 8.65. The molecule has 6 heterocycles. The molecule has 0 fully saturated rings. The van der Waals surface area contributed by atoms with E-state index in [4.69, 9.17) is 4.99 Å². The number of aliphatic imine (C=N–C) groups is 1. The van der Waals surface area contributed by atoms with Crippen molar-refractivity contribution in [2.75, 3.05) is 6.54 Å². The highest BCUT2D eigenvalue weighted by Crippen LogP contribution is 2.32. The van der Waals surface area contributed by atoms with Crippen LogP contribution in [0.1, 0.15) is 90.6 Å². The quantitative estimate of drug-likeness (QED) is 0.197. The Bertz CT molecular complexity index is 1950. The fourth-order valence-electron chi connectivity index (χ4n) is 6.81. The number of rotatable bonds is 9. The molecule has 1 amide bonds. The van der Waals surface area contributed by atoms with Crippen LogP contribution >= 0.6 is 0 Å². The number of allylic oxidation sites excluding steroid dienone is 2.